The van der Waals surface area contributed by atoms with E-state index in [4.69, 9.17) is 16.9 Å². The molecule has 0 aromatic heterocycles. The van der Waals surface area contributed by atoms with Crippen LogP contribution in [0.25, 0.3) is 0 Å². The molecule has 0 fully saturated rings. The number of hydrogen-bond acceptors (Lipinski definition) is 2. The Morgan fingerprint density at radius 3 is 2.86 bits per heavy atom. The van der Waals surface area contributed by atoms with Crippen LogP contribution in [0.15, 0.2) is 21.5 Å². The molecule has 0 heterocycles. The number of nitriles is 1. The zero-order valence-corrected chi connectivity index (χ0v) is 10.8. The summed E-state index contributed by atoms with van der Waals surface area (Å²) in [7, 11) is 0. The summed E-state index contributed by atoms with van der Waals surface area (Å²) in [6.07, 6.45) is 0.948. The van der Waals surface area contributed by atoms with Crippen LogP contribution in [0.1, 0.15) is 12.5 Å². The average molecular weight is 291 g/mol. The van der Waals surface area contributed by atoms with Crippen LogP contribution in [0, 0.1) is 11.3 Å². The molecule has 14 heavy (non-hydrogen) atoms. The van der Waals surface area contributed by atoms with Gasteiger partial charge in [0.25, 0.3) is 0 Å². The summed E-state index contributed by atoms with van der Waals surface area (Å²) in [5.41, 5.74) is 1.19. The van der Waals surface area contributed by atoms with E-state index in [1.165, 1.54) is 17.3 Å². The van der Waals surface area contributed by atoms with E-state index in [1.54, 1.807) is 0 Å². The molecule has 0 aliphatic heterocycles. The molecule has 1 aromatic rings. The second-order valence-electron chi connectivity index (χ2n) is 2.65. The van der Waals surface area contributed by atoms with Crippen molar-refractivity contribution in [2.75, 3.05) is 5.75 Å². The van der Waals surface area contributed by atoms with Gasteiger partial charge in [-0.25, -0.2) is 0 Å². The molecule has 0 aliphatic carbocycles. The van der Waals surface area contributed by atoms with Crippen molar-refractivity contribution >= 4 is 39.3 Å². The van der Waals surface area contributed by atoms with Crippen LogP contribution in [0.5, 0.6) is 0 Å². The predicted octanol–water partition coefficient (Wildman–Crippen LogP) is 4.28. The molecule has 0 amide bonds. The molecular formula is C10H9BrClNS. The minimum absolute atomic E-state index is 0.428. The van der Waals surface area contributed by atoms with Crippen LogP contribution in [-0.4, -0.2) is 5.75 Å². The average Bonchev–Trinajstić information content (AvgIpc) is 2.20. The normalized spacial score (nSPS) is 9.86. The zero-order valence-electron chi connectivity index (χ0n) is 7.68. The lowest BCUT2D eigenvalue weighted by Gasteiger charge is -2.07. The fourth-order valence-corrected chi connectivity index (χ4v) is 2.78. The maximum Gasteiger partial charge on any atom is 0.0855 e. The van der Waals surface area contributed by atoms with Gasteiger partial charge in [-0.15, -0.1) is 11.8 Å². The Bertz CT molecular complexity index is 373. The Kier molecular flexibility index (Phi) is 4.80. The SMILES string of the molecule is CCc1ccc(SCC#N)c(Cl)c1Br. The molecule has 4 heteroatoms. The van der Waals surface area contributed by atoms with Crippen molar-refractivity contribution in [2.24, 2.45) is 0 Å². The summed E-state index contributed by atoms with van der Waals surface area (Å²) in [6, 6.07) is 6.08. The summed E-state index contributed by atoms with van der Waals surface area (Å²) in [4.78, 5) is 0.956. The lowest BCUT2D eigenvalue weighted by atomic mass is 10.2. The van der Waals surface area contributed by atoms with Crippen molar-refractivity contribution in [1.82, 2.24) is 0 Å². The highest BCUT2D eigenvalue weighted by Gasteiger charge is 2.08. The van der Waals surface area contributed by atoms with Crippen molar-refractivity contribution in [3.05, 3.63) is 27.2 Å². The molecule has 0 radical (unpaired) electrons. The van der Waals surface area contributed by atoms with Crippen LogP contribution in [-0.2, 0) is 6.42 Å². The number of benzene rings is 1. The van der Waals surface area contributed by atoms with Gasteiger partial charge in [0.1, 0.15) is 0 Å². The minimum atomic E-state index is 0.428. The van der Waals surface area contributed by atoms with Gasteiger partial charge in [0, 0.05) is 9.37 Å². The Hall–Kier alpha value is -0.170. The van der Waals surface area contributed by atoms with Gasteiger partial charge in [-0.3, -0.25) is 0 Å². The lowest BCUT2D eigenvalue weighted by molar-refractivity contribution is 1.12. The molecule has 0 saturated heterocycles. The molecule has 1 nitrogen and oxygen atoms in total. The number of rotatable bonds is 3. The first-order chi connectivity index (χ1) is 6.70. The summed E-state index contributed by atoms with van der Waals surface area (Å²) in [5, 5.41) is 9.18. The second kappa shape index (κ2) is 5.65. The monoisotopic (exact) mass is 289 g/mol. The largest absolute Gasteiger partial charge is 0.197 e. The third-order valence-electron chi connectivity index (χ3n) is 1.80. The first kappa shape index (κ1) is 11.9. The smallest absolute Gasteiger partial charge is 0.0855 e. The quantitative estimate of drug-likeness (QED) is 0.776. The van der Waals surface area contributed by atoms with Gasteiger partial charge in [-0.05, 0) is 34.0 Å². The molecule has 0 spiro atoms. The summed E-state index contributed by atoms with van der Waals surface area (Å²) >= 11 is 11.0. The molecule has 74 valence electrons. The highest BCUT2D eigenvalue weighted by atomic mass is 79.9. The summed E-state index contributed by atoms with van der Waals surface area (Å²) in [6.45, 7) is 2.08. The van der Waals surface area contributed by atoms with Crippen LogP contribution in [0.2, 0.25) is 5.02 Å². The Morgan fingerprint density at radius 1 is 1.57 bits per heavy atom. The van der Waals surface area contributed by atoms with Crippen molar-refractivity contribution in [3.8, 4) is 6.07 Å². The Balaban J connectivity index is 2.99. The van der Waals surface area contributed by atoms with E-state index < -0.39 is 0 Å². The van der Waals surface area contributed by atoms with E-state index >= 15 is 0 Å². The molecule has 1 rings (SSSR count). The van der Waals surface area contributed by atoms with Crippen molar-refractivity contribution in [1.29, 1.82) is 5.26 Å². The van der Waals surface area contributed by atoms with Crippen LogP contribution in [0.3, 0.4) is 0 Å². The molecule has 0 unspecified atom stereocenters. The summed E-state index contributed by atoms with van der Waals surface area (Å²) in [5.74, 6) is 0.428. The van der Waals surface area contributed by atoms with Crippen molar-refractivity contribution < 1.29 is 0 Å². The second-order valence-corrected chi connectivity index (χ2v) is 4.84. The number of nitrogens with zero attached hydrogens (tertiary/aromatic N) is 1. The van der Waals surface area contributed by atoms with E-state index in [2.05, 4.69) is 28.9 Å². The standard InChI is InChI=1S/C10H9BrClNS/c1-2-7-3-4-8(14-6-5-13)10(12)9(7)11/h3-4H,2,6H2,1H3. The van der Waals surface area contributed by atoms with Crippen LogP contribution >= 0.6 is 39.3 Å². The minimum Gasteiger partial charge on any atom is -0.197 e. The van der Waals surface area contributed by atoms with Gasteiger partial charge in [-0.1, -0.05) is 24.6 Å². The third kappa shape index (κ3) is 2.66. The number of thioether (sulfide) groups is 1. The fourth-order valence-electron chi connectivity index (χ4n) is 1.07. The summed E-state index contributed by atoms with van der Waals surface area (Å²) < 4.78 is 0.949. The molecular weight excluding hydrogens is 282 g/mol. The van der Waals surface area contributed by atoms with Crippen molar-refractivity contribution in [3.63, 3.8) is 0 Å². The predicted molar refractivity (Wildman–Crippen MR) is 64.9 cm³/mol. The lowest BCUT2D eigenvalue weighted by Crippen LogP contribution is -1.86. The van der Waals surface area contributed by atoms with Crippen LogP contribution in [0.4, 0.5) is 0 Å². The van der Waals surface area contributed by atoms with Gasteiger partial charge >= 0.3 is 0 Å². The Morgan fingerprint density at radius 2 is 2.29 bits per heavy atom. The fraction of sp³-hybridized carbons (Fsp3) is 0.300. The Labute approximate surface area is 102 Å². The topological polar surface area (TPSA) is 23.8 Å². The highest BCUT2D eigenvalue weighted by molar-refractivity contribution is 9.10. The van der Waals surface area contributed by atoms with Gasteiger partial charge in [0.2, 0.25) is 0 Å². The maximum atomic E-state index is 8.46. The first-order valence-corrected chi connectivity index (χ1v) is 6.33. The molecule has 0 atom stereocenters. The van der Waals surface area contributed by atoms with Gasteiger partial charge in [-0.2, -0.15) is 5.26 Å². The number of aryl methyl sites for hydroxylation is 1. The van der Waals surface area contributed by atoms with Gasteiger partial charge in [0.15, 0.2) is 0 Å². The van der Waals surface area contributed by atoms with E-state index in [1.807, 2.05) is 12.1 Å². The highest BCUT2D eigenvalue weighted by Crippen LogP contribution is 2.35. The number of halogens is 2. The molecule has 0 bridgehead atoms. The number of hydrogen-bond donors (Lipinski definition) is 0. The van der Waals surface area contributed by atoms with E-state index in [9.17, 15) is 0 Å². The molecule has 0 saturated carbocycles. The first-order valence-electron chi connectivity index (χ1n) is 4.17. The maximum absolute atomic E-state index is 8.46. The zero-order chi connectivity index (χ0) is 10.6. The van der Waals surface area contributed by atoms with Crippen LogP contribution < -0.4 is 0 Å². The van der Waals surface area contributed by atoms with Gasteiger partial charge < -0.3 is 0 Å². The third-order valence-corrected chi connectivity index (χ3v) is 4.36. The van der Waals surface area contributed by atoms with Crippen molar-refractivity contribution in [2.45, 2.75) is 18.2 Å². The molecule has 1 aromatic carbocycles. The van der Waals surface area contributed by atoms with E-state index in [0.29, 0.717) is 10.8 Å². The molecule has 0 N–H and O–H groups in total. The van der Waals surface area contributed by atoms with E-state index in [-0.39, 0.29) is 0 Å². The van der Waals surface area contributed by atoms with E-state index in [0.717, 1.165) is 15.8 Å². The van der Waals surface area contributed by atoms with Gasteiger partial charge in [0.05, 0.1) is 16.8 Å². The molecule has 0 aliphatic rings.